The van der Waals surface area contributed by atoms with Crippen molar-refractivity contribution in [2.45, 2.75) is 37.4 Å². The standard InChI is InChI=1S/C29H32FN3O4S/c1-21-17-33(22(2)20-34)38(35,36)29-14-10-23(9-13-26-6-4-5-15-31-26)16-27(29)37-28(21)19-32(3)18-24-7-11-25(30)12-8-24/h4-8,10-12,14-16,21-22,28,34H,17-20H2,1-3H3/t21-,22-,28-/m0/s1. The van der Waals surface area contributed by atoms with Crippen LogP contribution in [0.2, 0.25) is 0 Å². The van der Waals surface area contributed by atoms with Crippen LogP contribution in [0.1, 0.15) is 30.7 Å². The lowest BCUT2D eigenvalue weighted by Crippen LogP contribution is -2.49. The fourth-order valence-electron chi connectivity index (χ4n) is 4.37. The Kier molecular flexibility index (Phi) is 8.80. The smallest absolute Gasteiger partial charge is 0.247 e. The Balaban J connectivity index is 1.68. The van der Waals surface area contributed by atoms with Crippen LogP contribution < -0.4 is 4.74 Å². The number of halogens is 1. The second kappa shape index (κ2) is 12.0. The molecule has 1 N–H and O–H groups in total. The quantitative estimate of drug-likeness (QED) is 0.485. The Hall–Kier alpha value is -3.29. The number of nitrogens with zero attached hydrogens (tertiary/aromatic N) is 3. The van der Waals surface area contributed by atoms with Gasteiger partial charge in [-0.1, -0.05) is 31.0 Å². The van der Waals surface area contributed by atoms with Crippen molar-refractivity contribution in [3.8, 4) is 17.6 Å². The largest absolute Gasteiger partial charge is 0.487 e. The molecule has 0 amide bonds. The van der Waals surface area contributed by atoms with Gasteiger partial charge in [-0.3, -0.25) is 4.90 Å². The van der Waals surface area contributed by atoms with E-state index in [1.807, 2.05) is 26.1 Å². The van der Waals surface area contributed by atoms with Gasteiger partial charge in [0.05, 0.1) is 6.61 Å². The van der Waals surface area contributed by atoms with Crippen molar-refractivity contribution in [2.75, 3.05) is 26.7 Å². The van der Waals surface area contributed by atoms with Crippen molar-refractivity contribution in [2.24, 2.45) is 5.92 Å². The number of pyridine rings is 1. The van der Waals surface area contributed by atoms with Crippen molar-refractivity contribution < 1.29 is 22.7 Å². The molecule has 2 aromatic carbocycles. The molecule has 0 saturated carbocycles. The summed E-state index contributed by atoms with van der Waals surface area (Å²) in [5.41, 5.74) is 2.15. The number of benzene rings is 2. The molecule has 0 radical (unpaired) electrons. The number of hydrogen-bond donors (Lipinski definition) is 1. The van der Waals surface area contributed by atoms with Crippen LogP contribution in [0, 0.1) is 23.6 Å². The lowest BCUT2D eigenvalue weighted by molar-refractivity contribution is 0.0733. The molecule has 1 aliphatic rings. The SMILES string of the molecule is C[C@H]1CN([C@@H](C)CO)S(=O)(=O)c2ccc(C#Cc3ccccn3)cc2O[C@H]1CN(C)Cc1ccc(F)cc1. The topological polar surface area (TPSA) is 83.0 Å². The minimum Gasteiger partial charge on any atom is -0.487 e. The molecule has 7 nitrogen and oxygen atoms in total. The molecule has 0 bridgehead atoms. The summed E-state index contributed by atoms with van der Waals surface area (Å²) in [6.07, 6.45) is 1.30. The third kappa shape index (κ3) is 6.58. The second-order valence-corrected chi connectivity index (χ2v) is 11.5. The van der Waals surface area contributed by atoms with E-state index < -0.39 is 16.1 Å². The summed E-state index contributed by atoms with van der Waals surface area (Å²) in [7, 11) is -1.99. The summed E-state index contributed by atoms with van der Waals surface area (Å²) >= 11 is 0. The highest BCUT2D eigenvalue weighted by Crippen LogP contribution is 2.34. The molecule has 0 spiro atoms. The van der Waals surface area contributed by atoms with Crippen molar-refractivity contribution in [3.05, 3.63) is 89.5 Å². The van der Waals surface area contributed by atoms with E-state index in [1.165, 1.54) is 22.5 Å². The average Bonchev–Trinajstić information content (AvgIpc) is 2.91. The van der Waals surface area contributed by atoms with Gasteiger partial charge in [0.2, 0.25) is 10.0 Å². The minimum atomic E-state index is -3.94. The van der Waals surface area contributed by atoms with E-state index in [-0.39, 0.29) is 41.6 Å². The summed E-state index contributed by atoms with van der Waals surface area (Å²) < 4.78 is 48.4. The highest BCUT2D eigenvalue weighted by molar-refractivity contribution is 7.89. The van der Waals surface area contributed by atoms with Crippen LogP contribution in [0.3, 0.4) is 0 Å². The van der Waals surface area contributed by atoms with Crippen molar-refractivity contribution in [3.63, 3.8) is 0 Å². The number of aliphatic hydroxyl groups is 1. The third-order valence-electron chi connectivity index (χ3n) is 6.52. The Morgan fingerprint density at radius 2 is 1.95 bits per heavy atom. The Bertz CT molecular complexity index is 1410. The fourth-order valence-corrected chi connectivity index (χ4v) is 6.19. The number of likely N-dealkylation sites (N-methyl/N-ethyl adjacent to an activating group) is 1. The lowest BCUT2D eigenvalue weighted by atomic mass is 10.0. The first-order valence-electron chi connectivity index (χ1n) is 12.5. The summed E-state index contributed by atoms with van der Waals surface area (Å²) in [6.45, 7) is 4.60. The normalized spacial score (nSPS) is 19.8. The molecule has 1 aliphatic heterocycles. The zero-order valence-corrected chi connectivity index (χ0v) is 22.5. The number of sulfonamides is 1. The maximum absolute atomic E-state index is 13.7. The second-order valence-electron chi connectivity index (χ2n) is 9.69. The first-order chi connectivity index (χ1) is 18.2. The molecule has 9 heteroatoms. The zero-order chi connectivity index (χ0) is 27.3. The van der Waals surface area contributed by atoms with Gasteiger partial charge in [-0.05, 0) is 67.9 Å². The van der Waals surface area contributed by atoms with Gasteiger partial charge < -0.3 is 9.84 Å². The molecule has 1 aromatic heterocycles. The molecule has 2 heterocycles. The Labute approximate surface area is 223 Å². The minimum absolute atomic E-state index is 0.0410. The van der Waals surface area contributed by atoms with E-state index in [0.29, 0.717) is 24.3 Å². The van der Waals surface area contributed by atoms with Crippen LogP contribution in [0.5, 0.6) is 5.75 Å². The van der Waals surface area contributed by atoms with E-state index in [9.17, 15) is 17.9 Å². The number of fused-ring (bicyclic) bond motifs is 1. The zero-order valence-electron chi connectivity index (χ0n) is 21.7. The third-order valence-corrected chi connectivity index (χ3v) is 8.54. The molecular weight excluding hydrogens is 505 g/mol. The molecule has 3 atom stereocenters. The number of rotatable bonds is 6. The number of aromatic nitrogens is 1. The highest BCUT2D eigenvalue weighted by Gasteiger charge is 2.38. The van der Waals surface area contributed by atoms with Gasteiger partial charge in [0.1, 0.15) is 28.3 Å². The van der Waals surface area contributed by atoms with E-state index >= 15 is 0 Å². The van der Waals surface area contributed by atoms with E-state index in [0.717, 1.165) is 5.56 Å². The van der Waals surface area contributed by atoms with Crippen LogP contribution in [0.25, 0.3) is 0 Å². The van der Waals surface area contributed by atoms with Gasteiger partial charge in [0, 0.05) is 43.4 Å². The van der Waals surface area contributed by atoms with Gasteiger partial charge in [0.15, 0.2) is 0 Å². The van der Waals surface area contributed by atoms with E-state index in [1.54, 1.807) is 43.5 Å². The highest BCUT2D eigenvalue weighted by atomic mass is 32.2. The lowest BCUT2D eigenvalue weighted by Gasteiger charge is -2.37. The Morgan fingerprint density at radius 1 is 1.18 bits per heavy atom. The molecule has 4 rings (SSSR count). The Morgan fingerprint density at radius 3 is 2.63 bits per heavy atom. The fraction of sp³-hybridized carbons (Fsp3) is 0.345. The first-order valence-corrected chi connectivity index (χ1v) is 13.9. The molecule has 0 saturated heterocycles. The summed E-state index contributed by atoms with van der Waals surface area (Å²) in [4.78, 5) is 6.31. The average molecular weight is 538 g/mol. The van der Waals surface area contributed by atoms with Crippen LogP contribution >= 0.6 is 0 Å². The molecule has 200 valence electrons. The van der Waals surface area contributed by atoms with Gasteiger partial charge in [-0.2, -0.15) is 4.31 Å². The van der Waals surface area contributed by atoms with Gasteiger partial charge >= 0.3 is 0 Å². The van der Waals surface area contributed by atoms with E-state index in [2.05, 4.69) is 21.7 Å². The van der Waals surface area contributed by atoms with Crippen LogP contribution in [0.15, 0.2) is 71.8 Å². The monoisotopic (exact) mass is 537 g/mol. The predicted molar refractivity (Wildman–Crippen MR) is 143 cm³/mol. The summed E-state index contributed by atoms with van der Waals surface area (Å²) in [5, 5.41) is 9.84. The number of aliphatic hydroxyl groups excluding tert-OH is 1. The van der Waals surface area contributed by atoms with Crippen LogP contribution in [0.4, 0.5) is 4.39 Å². The molecule has 0 aliphatic carbocycles. The molecule has 38 heavy (non-hydrogen) atoms. The predicted octanol–water partition coefficient (Wildman–Crippen LogP) is 3.52. The van der Waals surface area contributed by atoms with E-state index in [4.69, 9.17) is 4.74 Å². The van der Waals surface area contributed by atoms with Gasteiger partial charge in [-0.25, -0.2) is 17.8 Å². The van der Waals surface area contributed by atoms with Crippen LogP contribution in [-0.4, -0.2) is 66.6 Å². The van der Waals surface area contributed by atoms with Gasteiger partial charge in [-0.15, -0.1) is 0 Å². The molecular formula is C29H32FN3O4S. The maximum Gasteiger partial charge on any atom is 0.247 e. The van der Waals surface area contributed by atoms with Gasteiger partial charge in [0.25, 0.3) is 0 Å². The van der Waals surface area contributed by atoms with Crippen LogP contribution in [-0.2, 0) is 16.6 Å². The summed E-state index contributed by atoms with van der Waals surface area (Å²) in [5.74, 6) is 5.78. The first kappa shape index (κ1) is 27.7. The number of hydrogen-bond acceptors (Lipinski definition) is 6. The molecule has 3 aromatic rings. The van der Waals surface area contributed by atoms with Crippen molar-refractivity contribution in [1.29, 1.82) is 0 Å². The molecule has 0 unspecified atom stereocenters. The number of ether oxygens (including phenoxy) is 1. The maximum atomic E-state index is 13.7. The van der Waals surface area contributed by atoms with Crippen molar-refractivity contribution in [1.82, 2.24) is 14.2 Å². The van der Waals surface area contributed by atoms with Crippen molar-refractivity contribution >= 4 is 10.0 Å². The molecule has 0 fully saturated rings. The summed E-state index contributed by atoms with van der Waals surface area (Å²) in [6, 6.07) is 16.0.